The highest BCUT2D eigenvalue weighted by Gasteiger charge is 2.07. The molecule has 0 radical (unpaired) electrons. The minimum absolute atomic E-state index is 0.0447. The van der Waals surface area contributed by atoms with E-state index in [1.165, 1.54) is 13.1 Å². The van der Waals surface area contributed by atoms with Crippen LogP contribution in [0.3, 0.4) is 0 Å². The Labute approximate surface area is 126 Å². The van der Waals surface area contributed by atoms with Crippen molar-refractivity contribution in [1.82, 2.24) is 4.98 Å². The van der Waals surface area contributed by atoms with Gasteiger partial charge in [-0.3, -0.25) is 4.79 Å². The number of hydrogen-bond acceptors (Lipinski definition) is 1. The number of benzene rings is 1. The van der Waals surface area contributed by atoms with Crippen LogP contribution in [0.5, 0.6) is 0 Å². The number of aryl methyl sites for hydroxylation is 1. The van der Waals surface area contributed by atoms with E-state index in [9.17, 15) is 4.79 Å². The Hall–Kier alpha value is -1.65. The van der Waals surface area contributed by atoms with Crippen LogP contribution in [0.1, 0.15) is 25.0 Å². The number of likely N-dealkylation sites (N-methyl/N-ethyl adjacent to an activating group) is 1. The van der Waals surface area contributed by atoms with Crippen LogP contribution in [0.2, 0.25) is 0 Å². The Morgan fingerprint density at radius 1 is 1.24 bits per heavy atom. The molecule has 1 heterocycles. The molecule has 114 valence electrons. The monoisotopic (exact) mass is 289 g/mol. The van der Waals surface area contributed by atoms with Crippen LogP contribution in [0.25, 0.3) is 10.9 Å². The fraction of sp³-hybridized carbons (Fsp3) is 0.471. The van der Waals surface area contributed by atoms with Crippen LogP contribution in [0.15, 0.2) is 29.1 Å². The smallest absolute Gasteiger partial charge is 0.257 e. The summed E-state index contributed by atoms with van der Waals surface area (Å²) in [6.45, 7) is 11.8. The predicted molar refractivity (Wildman–Crippen MR) is 86.7 cm³/mol. The van der Waals surface area contributed by atoms with E-state index in [0.717, 1.165) is 41.7 Å². The Balaban J connectivity index is 2.02. The van der Waals surface area contributed by atoms with Gasteiger partial charge in [-0.2, -0.15) is 0 Å². The van der Waals surface area contributed by atoms with Gasteiger partial charge in [0, 0.05) is 0 Å². The highest BCUT2D eigenvalue weighted by Crippen LogP contribution is 2.14. The number of pyridine rings is 1. The first-order valence-electron chi connectivity index (χ1n) is 7.92. The zero-order chi connectivity index (χ0) is 15.2. The van der Waals surface area contributed by atoms with Gasteiger partial charge < -0.3 is 15.2 Å². The number of fused-ring (bicyclic) bond motifs is 1. The van der Waals surface area contributed by atoms with Crippen LogP contribution in [-0.2, 0) is 6.54 Å². The third kappa shape index (κ3) is 3.93. The minimum atomic E-state index is 0.0447. The number of nitrogens with one attached hydrogen (secondary N) is 2. The molecule has 0 amide bonds. The molecule has 0 unspecified atom stereocenters. The van der Waals surface area contributed by atoms with Crippen LogP contribution >= 0.6 is 0 Å². The molecule has 4 heteroatoms. The van der Waals surface area contributed by atoms with Crippen molar-refractivity contribution in [2.75, 3.05) is 26.2 Å². The molecule has 0 saturated heterocycles. The summed E-state index contributed by atoms with van der Waals surface area (Å²) < 4.78 is 0. The molecule has 1 aromatic carbocycles. The van der Waals surface area contributed by atoms with E-state index in [1.54, 1.807) is 4.90 Å². The molecule has 0 saturated carbocycles. The van der Waals surface area contributed by atoms with Gasteiger partial charge in [-0.25, -0.2) is 0 Å². The van der Waals surface area contributed by atoms with Crippen molar-refractivity contribution < 1.29 is 10.2 Å². The second kappa shape index (κ2) is 7.38. The van der Waals surface area contributed by atoms with Gasteiger partial charge in [-0.05, 0) is 37.8 Å². The van der Waals surface area contributed by atoms with Crippen molar-refractivity contribution in [1.29, 1.82) is 0 Å². The molecule has 0 fully saturated rings. The summed E-state index contributed by atoms with van der Waals surface area (Å²) >= 11 is 0. The molecule has 0 aliphatic rings. The van der Waals surface area contributed by atoms with Gasteiger partial charge >= 0.3 is 0 Å². The molecule has 21 heavy (non-hydrogen) atoms. The third-order valence-corrected chi connectivity index (χ3v) is 4.23. The molecule has 4 nitrogen and oxygen atoms in total. The van der Waals surface area contributed by atoms with E-state index in [0.29, 0.717) is 0 Å². The van der Waals surface area contributed by atoms with Gasteiger partial charge in [0.15, 0.2) is 0 Å². The maximum Gasteiger partial charge on any atom is 0.257 e. The minimum Gasteiger partial charge on any atom is -0.338 e. The first kappa shape index (κ1) is 15.7. The van der Waals surface area contributed by atoms with Crippen molar-refractivity contribution >= 4 is 10.9 Å². The Kier molecular flexibility index (Phi) is 5.53. The summed E-state index contributed by atoms with van der Waals surface area (Å²) in [7, 11) is 0. The number of quaternary nitrogens is 2. The lowest BCUT2D eigenvalue weighted by atomic mass is 10.1. The normalized spacial score (nSPS) is 11.4. The summed E-state index contributed by atoms with van der Waals surface area (Å²) in [5, 5.41) is 3.35. The average Bonchev–Trinajstić information content (AvgIpc) is 2.49. The third-order valence-electron chi connectivity index (χ3n) is 4.23. The van der Waals surface area contributed by atoms with Gasteiger partial charge in [-0.1, -0.05) is 18.2 Å². The van der Waals surface area contributed by atoms with E-state index in [2.05, 4.69) is 30.2 Å². The molecule has 4 N–H and O–H groups in total. The summed E-state index contributed by atoms with van der Waals surface area (Å²) in [6.07, 6.45) is 0. The summed E-state index contributed by atoms with van der Waals surface area (Å²) in [5.41, 5.74) is 2.98. The van der Waals surface area contributed by atoms with Crippen molar-refractivity contribution in [3.63, 3.8) is 0 Å². The zero-order valence-corrected chi connectivity index (χ0v) is 13.3. The van der Waals surface area contributed by atoms with Gasteiger partial charge in [0.2, 0.25) is 0 Å². The molecule has 0 aliphatic heterocycles. The van der Waals surface area contributed by atoms with Gasteiger partial charge in [-0.15, -0.1) is 0 Å². The summed E-state index contributed by atoms with van der Waals surface area (Å²) in [4.78, 5) is 16.8. The topological polar surface area (TPSA) is 53.9 Å². The fourth-order valence-electron chi connectivity index (χ4n) is 2.75. The van der Waals surface area contributed by atoms with Crippen molar-refractivity contribution in [3.05, 3.63) is 45.7 Å². The molecule has 2 aromatic rings. The first-order valence-corrected chi connectivity index (χ1v) is 7.92. The van der Waals surface area contributed by atoms with E-state index >= 15 is 0 Å². The molecular weight excluding hydrogens is 262 g/mol. The van der Waals surface area contributed by atoms with Crippen LogP contribution in [0, 0.1) is 6.92 Å². The van der Waals surface area contributed by atoms with E-state index in [1.807, 2.05) is 25.1 Å². The van der Waals surface area contributed by atoms with Crippen LogP contribution in [0.4, 0.5) is 0 Å². The maximum absolute atomic E-state index is 12.1. The molecule has 0 spiro atoms. The maximum atomic E-state index is 12.1. The number of rotatable bonds is 7. The predicted octanol–water partition coefficient (Wildman–Crippen LogP) is -0.175. The summed E-state index contributed by atoms with van der Waals surface area (Å²) in [6, 6.07) is 8.15. The number of H-pyrrole nitrogens is 1. The highest BCUT2D eigenvalue weighted by atomic mass is 16.1. The quantitative estimate of drug-likeness (QED) is 0.609. The Morgan fingerprint density at radius 3 is 2.71 bits per heavy atom. The van der Waals surface area contributed by atoms with E-state index < -0.39 is 0 Å². The van der Waals surface area contributed by atoms with Crippen molar-refractivity contribution in [3.8, 4) is 0 Å². The number of nitrogens with two attached hydrogens (primary N) is 1. The summed E-state index contributed by atoms with van der Waals surface area (Å²) in [5.74, 6) is 0. The number of aromatic amines is 1. The molecule has 0 bridgehead atoms. The lowest BCUT2D eigenvalue weighted by Crippen LogP contribution is -3.14. The van der Waals surface area contributed by atoms with Gasteiger partial charge in [0.1, 0.15) is 19.6 Å². The molecule has 0 atom stereocenters. The second-order valence-corrected chi connectivity index (χ2v) is 5.65. The van der Waals surface area contributed by atoms with Gasteiger partial charge in [0.25, 0.3) is 5.56 Å². The number of hydrogen-bond donors (Lipinski definition) is 3. The second-order valence-electron chi connectivity index (χ2n) is 5.65. The lowest BCUT2D eigenvalue weighted by Gasteiger charge is -2.14. The Morgan fingerprint density at radius 2 is 2.00 bits per heavy atom. The van der Waals surface area contributed by atoms with Gasteiger partial charge in [0.05, 0.1) is 24.2 Å². The zero-order valence-electron chi connectivity index (χ0n) is 13.3. The highest BCUT2D eigenvalue weighted by molar-refractivity contribution is 5.81. The van der Waals surface area contributed by atoms with E-state index in [4.69, 9.17) is 0 Å². The van der Waals surface area contributed by atoms with Crippen molar-refractivity contribution in [2.45, 2.75) is 27.3 Å². The SMILES string of the molecule is CC[NH+](CC)CC[NH2+]Cc1cc2cccc(C)c2[nH]c1=O. The number of para-hydroxylation sites is 1. The Bertz CT molecular complexity index is 644. The standard InChI is InChI=1S/C17H25N3O/c1-4-20(5-2)10-9-18-12-15-11-14-8-6-7-13(3)16(14)19-17(15)21/h6-8,11,18H,4-5,9-10,12H2,1-3H3,(H,19,21)/p+2. The van der Waals surface area contributed by atoms with E-state index in [-0.39, 0.29) is 5.56 Å². The molecule has 2 rings (SSSR count). The first-order chi connectivity index (χ1) is 10.2. The molecular formula is C17H27N3O+2. The van der Waals surface area contributed by atoms with Crippen LogP contribution in [-0.4, -0.2) is 31.2 Å². The largest absolute Gasteiger partial charge is 0.338 e. The van der Waals surface area contributed by atoms with Crippen molar-refractivity contribution in [2.24, 2.45) is 0 Å². The van der Waals surface area contributed by atoms with Crippen LogP contribution < -0.4 is 15.8 Å². The lowest BCUT2D eigenvalue weighted by molar-refractivity contribution is -0.910. The molecule has 0 aliphatic carbocycles. The number of aromatic nitrogens is 1. The molecule has 1 aromatic heterocycles. The fourth-order valence-corrected chi connectivity index (χ4v) is 2.75. The average molecular weight is 289 g/mol.